The second kappa shape index (κ2) is 10.0. The number of amides is 2. The van der Waals surface area contributed by atoms with Crippen molar-refractivity contribution in [2.24, 2.45) is 0 Å². The molecule has 0 aliphatic rings. The van der Waals surface area contributed by atoms with Crippen LogP contribution in [0, 0.1) is 5.82 Å². The van der Waals surface area contributed by atoms with Crippen molar-refractivity contribution < 1.29 is 23.5 Å². The van der Waals surface area contributed by atoms with Crippen LogP contribution in [0.3, 0.4) is 0 Å². The van der Waals surface area contributed by atoms with Gasteiger partial charge in [-0.25, -0.2) is 4.39 Å². The largest absolute Gasteiger partial charge is 0.490 e. The first-order valence-electron chi connectivity index (χ1n) is 8.25. The van der Waals surface area contributed by atoms with Crippen LogP contribution in [0.1, 0.15) is 17.3 Å². The molecule has 6 nitrogen and oxygen atoms in total. The van der Waals surface area contributed by atoms with Crippen molar-refractivity contribution in [3.63, 3.8) is 0 Å². The number of nitrogens with one attached hydrogen (secondary N) is 2. The van der Waals surface area contributed by atoms with Gasteiger partial charge >= 0.3 is 0 Å². The van der Waals surface area contributed by atoms with Gasteiger partial charge in [0.15, 0.2) is 18.1 Å². The van der Waals surface area contributed by atoms with Gasteiger partial charge in [-0.1, -0.05) is 12.1 Å². The Morgan fingerprint density at radius 2 is 1.54 bits per heavy atom. The van der Waals surface area contributed by atoms with Crippen LogP contribution in [0.5, 0.6) is 11.5 Å². The first-order valence-corrected chi connectivity index (χ1v) is 8.25. The van der Waals surface area contributed by atoms with Crippen molar-refractivity contribution in [2.75, 3.05) is 26.3 Å². The topological polar surface area (TPSA) is 76.7 Å². The third kappa shape index (κ3) is 6.08. The molecule has 2 N–H and O–H groups in total. The van der Waals surface area contributed by atoms with E-state index in [1.165, 1.54) is 24.3 Å². The van der Waals surface area contributed by atoms with E-state index >= 15 is 0 Å². The van der Waals surface area contributed by atoms with Crippen LogP contribution in [0.15, 0.2) is 48.5 Å². The third-order valence-corrected chi connectivity index (χ3v) is 3.35. The first-order chi connectivity index (χ1) is 12.6. The van der Waals surface area contributed by atoms with Crippen LogP contribution in [-0.2, 0) is 4.79 Å². The molecule has 0 bridgehead atoms. The summed E-state index contributed by atoms with van der Waals surface area (Å²) in [6, 6.07) is 12.3. The summed E-state index contributed by atoms with van der Waals surface area (Å²) in [4.78, 5) is 23.6. The van der Waals surface area contributed by atoms with Gasteiger partial charge in [0.2, 0.25) is 0 Å². The van der Waals surface area contributed by atoms with Crippen LogP contribution in [0.2, 0.25) is 0 Å². The van der Waals surface area contributed by atoms with Gasteiger partial charge in [-0.2, -0.15) is 0 Å². The van der Waals surface area contributed by atoms with Crippen LogP contribution in [-0.4, -0.2) is 38.1 Å². The van der Waals surface area contributed by atoms with Crippen molar-refractivity contribution in [3.05, 3.63) is 59.9 Å². The Kier molecular flexibility index (Phi) is 7.42. The zero-order valence-corrected chi connectivity index (χ0v) is 14.5. The number of rotatable bonds is 9. The fraction of sp³-hybridized carbons (Fsp3) is 0.263. The minimum Gasteiger partial charge on any atom is -0.490 e. The SMILES string of the molecule is CCOc1ccccc1OCC(=O)NCCNC(=O)c1ccc(F)cc1. The summed E-state index contributed by atoms with van der Waals surface area (Å²) in [5.74, 6) is 0.0247. The molecule has 7 heteroatoms. The van der Waals surface area contributed by atoms with E-state index in [1.807, 2.05) is 13.0 Å². The summed E-state index contributed by atoms with van der Waals surface area (Å²) in [6.45, 7) is 2.71. The Morgan fingerprint density at radius 3 is 2.19 bits per heavy atom. The van der Waals surface area contributed by atoms with Crippen molar-refractivity contribution in [1.29, 1.82) is 0 Å². The fourth-order valence-corrected chi connectivity index (χ4v) is 2.12. The summed E-state index contributed by atoms with van der Waals surface area (Å²) < 4.78 is 23.7. The molecule has 2 amide bonds. The van der Waals surface area contributed by atoms with Gasteiger partial charge in [0.1, 0.15) is 5.82 Å². The van der Waals surface area contributed by atoms with Crippen LogP contribution in [0.25, 0.3) is 0 Å². The quantitative estimate of drug-likeness (QED) is 0.672. The molecule has 0 aliphatic heterocycles. The highest BCUT2D eigenvalue weighted by atomic mass is 19.1. The number of carbonyl (C=O) groups is 2. The molecule has 2 aromatic carbocycles. The molecule has 0 saturated heterocycles. The molecule has 2 rings (SSSR count). The Morgan fingerprint density at radius 1 is 0.923 bits per heavy atom. The van der Waals surface area contributed by atoms with Crippen molar-refractivity contribution in [1.82, 2.24) is 10.6 Å². The third-order valence-electron chi connectivity index (χ3n) is 3.35. The van der Waals surface area contributed by atoms with Crippen LogP contribution < -0.4 is 20.1 Å². The first kappa shape index (κ1) is 19.2. The predicted octanol–water partition coefficient (Wildman–Crippen LogP) is 2.15. The number of halogens is 1. The number of carbonyl (C=O) groups excluding carboxylic acids is 2. The fourth-order valence-electron chi connectivity index (χ4n) is 2.12. The van der Waals surface area contributed by atoms with Gasteiger partial charge in [0.25, 0.3) is 11.8 Å². The smallest absolute Gasteiger partial charge is 0.258 e. The summed E-state index contributed by atoms with van der Waals surface area (Å²) in [5, 5.41) is 5.28. The summed E-state index contributed by atoms with van der Waals surface area (Å²) in [6.07, 6.45) is 0. The van der Waals surface area contributed by atoms with E-state index in [1.54, 1.807) is 18.2 Å². The molecule has 0 saturated carbocycles. The van der Waals surface area contributed by atoms with Gasteiger partial charge in [-0.3, -0.25) is 9.59 Å². The molecule has 0 fully saturated rings. The summed E-state index contributed by atoms with van der Waals surface area (Å²) in [5.41, 5.74) is 0.355. The Hall–Kier alpha value is -3.09. The molecule has 0 aromatic heterocycles. The number of hydrogen-bond donors (Lipinski definition) is 2. The maximum absolute atomic E-state index is 12.8. The predicted molar refractivity (Wildman–Crippen MR) is 94.8 cm³/mol. The van der Waals surface area contributed by atoms with Gasteiger partial charge < -0.3 is 20.1 Å². The molecular formula is C19H21FN2O4. The van der Waals surface area contributed by atoms with E-state index in [4.69, 9.17) is 9.47 Å². The molecule has 0 aliphatic carbocycles. The number of para-hydroxylation sites is 2. The molecule has 26 heavy (non-hydrogen) atoms. The Balaban J connectivity index is 1.68. The minimum atomic E-state index is -0.403. The standard InChI is InChI=1S/C19H21FN2O4/c1-2-25-16-5-3-4-6-17(16)26-13-18(23)21-11-12-22-19(24)14-7-9-15(20)10-8-14/h3-10H,2,11-13H2,1H3,(H,21,23)(H,22,24). The van der Waals surface area contributed by atoms with E-state index in [0.29, 0.717) is 23.7 Å². The molecule has 2 aromatic rings. The summed E-state index contributed by atoms with van der Waals surface area (Å²) in [7, 11) is 0. The number of ether oxygens (including phenoxy) is 2. The Labute approximate surface area is 151 Å². The number of benzene rings is 2. The molecule has 138 valence electrons. The van der Waals surface area contributed by atoms with Gasteiger partial charge in [0.05, 0.1) is 6.61 Å². The lowest BCUT2D eigenvalue weighted by Crippen LogP contribution is -2.36. The van der Waals surface area contributed by atoms with Crippen molar-refractivity contribution in [2.45, 2.75) is 6.92 Å². The molecule has 0 radical (unpaired) electrons. The molecular weight excluding hydrogens is 339 g/mol. The Bertz CT molecular complexity index is 735. The zero-order chi connectivity index (χ0) is 18.8. The van der Waals surface area contributed by atoms with Gasteiger partial charge in [-0.15, -0.1) is 0 Å². The maximum atomic E-state index is 12.8. The second-order valence-electron chi connectivity index (χ2n) is 5.28. The molecule has 0 atom stereocenters. The van der Waals surface area contributed by atoms with Crippen LogP contribution >= 0.6 is 0 Å². The second-order valence-corrected chi connectivity index (χ2v) is 5.28. The monoisotopic (exact) mass is 360 g/mol. The van der Waals surface area contributed by atoms with Crippen LogP contribution in [0.4, 0.5) is 4.39 Å². The van der Waals surface area contributed by atoms with E-state index in [0.717, 1.165) is 0 Å². The normalized spacial score (nSPS) is 10.1. The molecule has 0 spiro atoms. The zero-order valence-electron chi connectivity index (χ0n) is 14.5. The minimum absolute atomic E-state index is 0.157. The highest BCUT2D eigenvalue weighted by molar-refractivity contribution is 5.94. The van der Waals surface area contributed by atoms with E-state index in [9.17, 15) is 14.0 Å². The summed E-state index contributed by atoms with van der Waals surface area (Å²) >= 11 is 0. The molecule has 0 unspecified atom stereocenters. The number of hydrogen-bond acceptors (Lipinski definition) is 4. The lowest BCUT2D eigenvalue weighted by molar-refractivity contribution is -0.123. The maximum Gasteiger partial charge on any atom is 0.258 e. The lowest BCUT2D eigenvalue weighted by Gasteiger charge is -2.11. The van der Waals surface area contributed by atoms with E-state index in [-0.39, 0.29) is 31.5 Å². The lowest BCUT2D eigenvalue weighted by atomic mass is 10.2. The average Bonchev–Trinajstić information content (AvgIpc) is 2.65. The van der Waals surface area contributed by atoms with Gasteiger partial charge in [0, 0.05) is 18.7 Å². The molecule has 0 heterocycles. The average molecular weight is 360 g/mol. The highest BCUT2D eigenvalue weighted by Crippen LogP contribution is 2.26. The highest BCUT2D eigenvalue weighted by Gasteiger charge is 2.08. The van der Waals surface area contributed by atoms with Crippen molar-refractivity contribution in [3.8, 4) is 11.5 Å². The van der Waals surface area contributed by atoms with Crippen molar-refractivity contribution >= 4 is 11.8 Å². The van der Waals surface area contributed by atoms with Gasteiger partial charge in [-0.05, 0) is 43.3 Å². The van der Waals surface area contributed by atoms with E-state index in [2.05, 4.69) is 10.6 Å². The van der Waals surface area contributed by atoms with E-state index < -0.39 is 5.82 Å².